The first-order valence-corrected chi connectivity index (χ1v) is 8.15. The summed E-state index contributed by atoms with van der Waals surface area (Å²) in [4.78, 5) is 48.6. The Hall–Kier alpha value is -3.32. The summed E-state index contributed by atoms with van der Waals surface area (Å²) in [6.07, 6.45) is 0. The Morgan fingerprint density at radius 1 is 0.889 bits per heavy atom. The molecule has 0 saturated heterocycles. The summed E-state index contributed by atoms with van der Waals surface area (Å²) in [5, 5.41) is 18.8. The summed E-state index contributed by atoms with van der Waals surface area (Å²) in [6, 6.07) is 15.3. The predicted molar refractivity (Wildman–Crippen MR) is 94.2 cm³/mol. The molecule has 0 saturated carbocycles. The number of hydrogen-bond donors (Lipinski definition) is 2. The standard InChI is InChI=1S/C20H18O7/c1-2-27-20(17(22)19(25)26,14-11-7-4-8-12-14)15(16(21)18(23)24)13-9-5-3-6-10-13/h3-12,15H,2H2,1H3,(H,23,24)(H,25,26). The van der Waals surface area contributed by atoms with Crippen molar-refractivity contribution in [2.24, 2.45) is 0 Å². The van der Waals surface area contributed by atoms with E-state index in [0.29, 0.717) is 0 Å². The molecule has 2 atom stereocenters. The van der Waals surface area contributed by atoms with Gasteiger partial charge in [0.2, 0.25) is 0 Å². The average Bonchev–Trinajstić information content (AvgIpc) is 2.68. The number of Topliss-reactive ketones (excluding diaryl/α,β-unsaturated/α-hetero) is 2. The lowest BCUT2D eigenvalue weighted by molar-refractivity contribution is -0.170. The van der Waals surface area contributed by atoms with Crippen LogP contribution in [0.1, 0.15) is 24.0 Å². The molecule has 2 rings (SSSR count). The van der Waals surface area contributed by atoms with E-state index in [-0.39, 0.29) is 17.7 Å². The number of carbonyl (C=O) groups excluding carboxylic acids is 2. The van der Waals surface area contributed by atoms with E-state index >= 15 is 0 Å². The van der Waals surface area contributed by atoms with Crippen molar-refractivity contribution < 1.29 is 34.1 Å². The van der Waals surface area contributed by atoms with Gasteiger partial charge in [-0.3, -0.25) is 9.59 Å². The minimum atomic E-state index is -2.32. The van der Waals surface area contributed by atoms with Crippen LogP contribution in [-0.4, -0.2) is 40.3 Å². The topological polar surface area (TPSA) is 118 Å². The molecule has 0 amide bonds. The monoisotopic (exact) mass is 370 g/mol. The molecule has 0 aliphatic carbocycles. The molecular weight excluding hydrogens is 352 g/mol. The van der Waals surface area contributed by atoms with Gasteiger partial charge >= 0.3 is 11.9 Å². The van der Waals surface area contributed by atoms with Crippen molar-refractivity contribution in [3.63, 3.8) is 0 Å². The van der Waals surface area contributed by atoms with Crippen LogP contribution in [0.2, 0.25) is 0 Å². The van der Waals surface area contributed by atoms with Gasteiger partial charge in [0.25, 0.3) is 11.6 Å². The molecule has 0 aliphatic heterocycles. The first-order chi connectivity index (χ1) is 12.9. The van der Waals surface area contributed by atoms with E-state index in [1.54, 1.807) is 36.4 Å². The van der Waals surface area contributed by atoms with Crippen molar-refractivity contribution in [1.82, 2.24) is 0 Å². The highest BCUT2D eigenvalue weighted by atomic mass is 16.5. The van der Waals surface area contributed by atoms with E-state index in [1.807, 2.05) is 0 Å². The molecule has 7 nitrogen and oxygen atoms in total. The fourth-order valence-corrected chi connectivity index (χ4v) is 3.07. The maximum atomic E-state index is 12.8. The summed E-state index contributed by atoms with van der Waals surface area (Å²) >= 11 is 0. The number of ketones is 2. The Labute approximate surface area is 155 Å². The molecule has 2 aromatic carbocycles. The van der Waals surface area contributed by atoms with Crippen molar-refractivity contribution >= 4 is 23.5 Å². The molecule has 0 aromatic heterocycles. The largest absolute Gasteiger partial charge is 0.475 e. The molecule has 2 N–H and O–H groups in total. The second-order valence-electron chi connectivity index (χ2n) is 5.68. The average molecular weight is 370 g/mol. The SMILES string of the molecule is CCOC(C(=O)C(=O)O)(c1ccccc1)C(C(=O)C(=O)O)c1ccccc1. The molecule has 2 aromatic rings. The number of benzene rings is 2. The van der Waals surface area contributed by atoms with Gasteiger partial charge in [-0.2, -0.15) is 0 Å². The maximum Gasteiger partial charge on any atom is 0.375 e. The lowest BCUT2D eigenvalue weighted by Crippen LogP contribution is -2.51. The first-order valence-electron chi connectivity index (χ1n) is 8.15. The second kappa shape index (κ2) is 8.37. The molecule has 27 heavy (non-hydrogen) atoms. The van der Waals surface area contributed by atoms with Gasteiger partial charge in [0.15, 0.2) is 5.60 Å². The van der Waals surface area contributed by atoms with Crippen molar-refractivity contribution in [1.29, 1.82) is 0 Å². The van der Waals surface area contributed by atoms with E-state index in [1.165, 1.54) is 31.2 Å². The Morgan fingerprint density at radius 3 is 1.85 bits per heavy atom. The third kappa shape index (κ3) is 3.78. The quantitative estimate of drug-likeness (QED) is 0.648. The zero-order valence-electron chi connectivity index (χ0n) is 14.5. The van der Waals surface area contributed by atoms with Gasteiger partial charge in [-0.25, -0.2) is 9.59 Å². The van der Waals surface area contributed by atoms with Crippen LogP contribution in [-0.2, 0) is 29.5 Å². The van der Waals surface area contributed by atoms with Gasteiger partial charge in [0.1, 0.15) is 0 Å². The normalized spacial score (nSPS) is 14.0. The minimum absolute atomic E-state index is 0.0858. The molecule has 140 valence electrons. The third-order valence-corrected chi connectivity index (χ3v) is 4.12. The zero-order chi connectivity index (χ0) is 20.0. The highest BCUT2D eigenvalue weighted by Crippen LogP contribution is 2.42. The van der Waals surface area contributed by atoms with Crippen LogP contribution in [0.5, 0.6) is 0 Å². The number of ether oxygens (including phenoxy) is 1. The maximum absolute atomic E-state index is 12.8. The molecule has 0 spiro atoms. The molecule has 0 bridgehead atoms. The van der Waals surface area contributed by atoms with Gasteiger partial charge in [0, 0.05) is 6.61 Å². The predicted octanol–water partition coefficient (Wildman–Crippen LogP) is 2.01. The molecule has 0 heterocycles. The van der Waals surface area contributed by atoms with Gasteiger partial charge in [-0.15, -0.1) is 0 Å². The van der Waals surface area contributed by atoms with Gasteiger partial charge in [-0.1, -0.05) is 60.7 Å². The highest BCUT2D eigenvalue weighted by molar-refractivity contribution is 6.41. The minimum Gasteiger partial charge on any atom is -0.475 e. The van der Waals surface area contributed by atoms with Crippen LogP contribution in [0.4, 0.5) is 0 Å². The fraction of sp³-hybridized carbons (Fsp3) is 0.200. The van der Waals surface area contributed by atoms with Crippen molar-refractivity contribution in [3.05, 3.63) is 71.8 Å². The summed E-state index contributed by atoms with van der Waals surface area (Å²) < 4.78 is 5.61. The molecule has 0 fully saturated rings. The molecule has 0 radical (unpaired) electrons. The number of carbonyl (C=O) groups is 4. The summed E-state index contributed by atoms with van der Waals surface area (Å²) in [5.41, 5.74) is -2.07. The zero-order valence-corrected chi connectivity index (χ0v) is 14.5. The molecule has 7 heteroatoms. The molecule has 0 aliphatic rings. The number of aliphatic carboxylic acids is 2. The lowest BCUT2D eigenvalue weighted by Gasteiger charge is -2.37. The highest BCUT2D eigenvalue weighted by Gasteiger charge is 2.56. The Bertz CT molecular complexity index is 845. The number of hydrogen-bond acceptors (Lipinski definition) is 5. The van der Waals surface area contributed by atoms with Crippen LogP contribution in [0.25, 0.3) is 0 Å². The lowest BCUT2D eigenvalue weighted by atomic mass is 9.72. The van der Waals surface area contributed by atoms with Crippen LogP contribution in [0.15, 0.2) is 60.7 Å². The van der Waals surface area contributed by atoms with Crippen LogP contribution in [0, 0.1) is 0 Å². The van der Waals surface area contributed by atoms with Gasteiger partial charge in [0.05, 0.1) is 5.92 Å². The number of rotatable bonds is 9. The number of carboxylic acids is 2. The summed E-state index contributed by atoms with van der Waals surface area (Å²) in [5.74, 6) is -8.05. The Balaban J connectivity index is 2.89. The van der Waals surface area contributed by atoms with Gasteiger partial charge < -0.3 is 14.9 Å². The fourth-order valence-electron chi connectivity index (χ4n) is 3.07. The van der Waals surface area contributed by atoms with Crippen LogP contribution in [0.3, 0.4) is 0 Å². The van der Waals surface area contributed by atoms with E-state index in [9.17, 15) is 29.4 Å². The van der Waals surface area contributed by atoms with Crippen molar-refractivity contribution in [2.45, 2.75) is 18.4 Å². The van der Waals surface area contributed by atoms with E-state index in [4.69, 9.17) is 4.74 Å². The van der Waals surface area contributed by atoms with Crippen LogP contribution >= 0.6 is 0 Å². The number of carboxylic acid groups (broad SMARTS) is 2. The summed E-state index contributed by atoms with van der Waals surface area (Å²) in [6.45, 7) is 1.41. The van der Waals surface area contributed by atoms with E-state index in [0.717, 1.165) is 0 Å². The third-order valence-electron chi connectivity index (χ3n) is 4.12. The Kier molecular flexibility index (Phi) is 6.20. The first kappa shape index (κ1) is 20.0. The Morgan fingerprint density at radius 2 is 1.41 bits per heavy atom. The van der Waals surface area contributed by atoms with E-state index < -0.39 is 35.0 Å². The molecular formula is C20H18O7. The van der Waals surface area contributed by atoms with Crippen molar-refractivity contribution in [2.75, 3.05) is 6.61 Å². The smallest absolute Gasteiger partial charge is 0.375 e. The second-order valence-corrected chi connectivity index (χ2v) is 5.68. The van der Waals surface area contributed by atoms with Crippen molar-refractivity contribution in [3.8, 4) is 0 Å². The summed E-state index contributed by atoms with van der Waals surface area (Å²) in [7, 11) is 0. The van der Waals surface area contributed by atoms with E-state index in [2.05, 4.69) is 0 Å². The van der Waals surface area contributed by atoms with Crippen LogP contribution < -0.4 is 0 Å². The van der Waals surface area contributed by atoms with Gasteiger partial charge in [-0.05, 0) is 18.1 Å². The molecule has 2 unspecified atom stereocenters.